The third-order valence-electron chi connectivity index (χ3n) is 8.17. The lowest BCUT2D eigenvalue weighted by atomic mass is 9.80. The van der Waals surface area contributed by atoms with Crippen molar-refractivity contribution in [2.75, 3.05) is 13.1 Å². The van der Waals surface area contributed by atoms with Gasteiger partial charge in [-0.2, -0.15) is 0 Å². The van der Waals surface area contributed by atoms with E-state index >= 15 is 0 Å². The van der Waals surface area contributed by atoms with E-state index in [2.05, 4.69) is 47.0 Å². The second kappa shape index (κ2) is 16.0. The topological polar surface area (TPSA) is 141 Å². The summed E-state index contributed by atoms with van der Waals surface area (Å²) >= 11 is 0. The van der Waals surface area contributed by atoms with Crippen LogP contribution in [0.3, 0.4) is 0 Å². The first-order valence-electron chi connectivity index (χ1n) is 15.4. The second-order valence-electron chi connectivity index (χ2n) is 10.9. The number of guanidine groups is 1. The molecule has 0 unspecified atom stereocenters. The molecule has 0 amide bonds. The van der Waals surface area contributed by atoms with E-state index in [9.17, 15) is 20.1 Å². The molecule has 8 N–H and O–H groups in total. The summed E-state index contributed by atoms with van der Waals surface area (Å²) in [5.74, 6) is 0.857. The summed E-state index contributed by atoms with van der Waals surface area (Å²) < 4.78 is 0. The zero-order chi connectivity index (χ0) is 30.8. The standard InChI is InChI=1S/C32H45B2N5O4/c1-4-26-29(19-35-17-22-7-11-24(12-8-22)33(40)41)27(5-2)31(21-39-32-37-15-16-38-32)28(6-3)30(26)20-36-18-23-9-13-25(14-10-23)34(42)43/h7-14,35-36,40-43H,4-6,15-21H2,1-3H3,(H2,37,38,39). The molecule has 1 aliphatic heterocycles. The molecule has 1 heterocycles. The van der Waals surface area contributed by atoms with Crippen molar-refractivity contribution in [3.8, 4) is 0 Å². The van der Waals surface area contributed by atoms with E-state index in [1.165, 1.54) is 33.4 Å². The van der Waals surface area contributed by atoms with E-state index in [0.29, 0.717) is 30.6 Å². The van der Waals surface area contributed by atoms with Crippen LogP contribution in [0.4, 0.5) is 0 Å². The lowest BCUT2D eigenvalue weighted by Crippen LogP contribution is -2.34. The van der Waals surface area contributed by atoms with Gasteiger partial charge in [-0.1, -0.05) is 69.3 Å². The van der Waals surface area contributed by atoms with Gasteiger partial charge in [0.05, 0.1) is 6.54 Å². The van der Waals surface area contributed by atoms with Gasteiger partial charge in [-0.15, -0.1) is 0 Å². The maximum atomic E-state index is 9.42. The molecule has 43 heavy (non-hydrogen) atoms. The van der Waals surface area contributed by atoms with Crippen LogP contribution in [0.2, 0.25) is 0 Å². The van der Waals surface area contributed by atoms with Crippen LogP contribution in [0.25, 0.3) is 0 Å². The van der Waals surface area contributed by atoms with Crippen molar-refractivity contribution >= 4 is 31.1 Å². The quantitative estimate of drug-likeness (QED) is 0.120. The van der Waals surface area contributed by atoms with Gasteiger partial charge in [-0.05, 0) is 74.7 Å². The first kappa shape index (κ1) is 32.7. The maximum Gasteiger partial charge on any atom is 0.488 e. The lowest BCUT2D eigenvalue weighted by molar-refractivity contribution is 0.424. The molecule has 0 atom stereocenters. The van der Waals surface area contributed by atoms with Crippen molar-refractivity contribution in [3.63, 3.8) is 0 Å². The molecule has 0 radical (unpaired) electrons. The fourth-order valence-electron chi connectivity index (χ4n) is 5.98. The van der Waals surface area contributed by atoms with Crippen LogP contribution < -0.4 is 32.2 Å². The normalized spacial score (nSPS) is 12.7. The predicted octanol–water partition coefficient (Wildman–Crippen LogP) is 0.362. The highest BCUT2D eigenvalue weighted by molar-refractivity contribution is 6.58. The molecule has 9 nitrogen and oxygen atoms in total. The molecule has 0 fully saturated rings. The Morgan fingerprint density at radius 3 is 1.37 bits per heavy atom. The molecule has 3 aromatic carbocycles. The fourth-order valence-corrected chi connectivity index (χ4v) is 5.98. The third kappa shape index (κ3) is 8.47. The Kier molecular flexibility index (Phi) is 12.2. The van der Waals surface area contributed by atoms with Gasteiger partial charge in [0, 0.05) is 39.3 Å². The highest BCUT2D eigenvalue weighted by atomic mass is 16.4. The van der Waals surface area contributed by atoms with Crippen molar-refractivity contribution in [1.82, 2.24) is 21.3 Å². The number of nitrogens with zero attached hydrogens (tertiary/aromatic N) is 1. The van der Waals surface area contributed by atoms with Crippen molar-refractivity contribution < 1.29 is 20.1 Å². The van der Waals surface area contributed by atoms with Gasteiger partial charge in [0.25, 0.3) is 0 Å². The molecule has 0 aliphatic carbocycles. The second-order valence-corrected chi connectivity index (χ2v) is 10.9. The van der Waals surface area contributed by atoms with E-state index in [0.717, 1.165) is 62.5 Å². The largest absolute Gasteiger partial charge is 0.488 e. The molecule has 0 bridgehead atoms. The fraction of sp³-hybridized carbons (Fsp3) is 0.406. The summed E-state index contributed by atoms with van der Waals surface area (Å²) in [6.07, 6.45) is 2.77. The molecule has 0 spiro atoms. The minimum absolute atomic E-state index is 0.484. The van der Waals surface area contributed by atoms with Crippen molar-refractivity contribution in [1.29, 1.82) is 0 Å². The molecule has 11 heteroatoms. The lowest BCUT2D eigenvalue weighted by Gasteiger charge is -2.27. The van der Waals surface area contributed by atoms with Crippen LogP contribution in [0.1, 0.15) is 65.3 Å². The molecule has 4 rings (SSSR count). The Labute approximate surface area is 256 Å². The Balaban J connectivity index is 1.61. The number of nitrogens with one attached hydrogen (secondary N) is 4. The average Bonchev–Trinajstić information content (AvgIpc) is 3.54. The number of benzene rings is 3. The van der Waals surface area contributed by atoms with Crippen LogP contribution in [0, 0.1) is 0 Å². The molecule has 0 aromatic heterocycles. The minimum Gasteiger partial charge on any atom is -0.423 e. The molecule has 0 saturated carbocycles. The van der Waals surface area contributed by atoms with E-state index in [-0.39, 0.29) is 0 Å². The maximum absolute atomic E-state index is 9.42. The average molecular weight is 585 g/mol. The van der Waals surface area contributed by atoms with E-state index in [1.807, 2.05) is 24.3 Å². The molecular weight excluding hydrogens is 540 g/mol. The highest BCUT2D eigenvalue weighted by Crippen LogP contribution is 2.31. The van der Waals surface area contributed by atoms with Crippen LogP contribution in [-0.4, -0.2) is 53.4 Å². The Bertz CT molecular complexity index is 1280. The first-order valence-corrected chi connectivity index (χ1v) is 15.4. The number of rotatable bonds is 15. The zero-order valence-electron chi connectivity index (χ0n) is 25.6. The number of aliphatic imine (C=N–C) groups is 1. The third-order valence-corrected chi connectivity index (χ3v) is 8.17. The summed E-state index contributed by atoms with van der Waals surface area (Å²) in [5, 5.41) is 51.9. The summed E-state index contributed by atoms with van der Waals surface area (Å²) in [4.78, 5) is 4.55. The molecular formula is C32H45B2N5O4. The summed E-state index contributed by atoms with van der Waals surface area (Å²) in [7, 11) is -2.92. The minimum atomic E-state index is -1.46. The molecule has 0 saturated heterocycles. The zero-order valence-corrected chi connectivity index (χ0v) is 25.6. The van der Waals surface area contributed by atoms with Crippen molar-refractivity contribution in [2.24, 2.45) is 4.99 Å². The van der Waals surface area contributed by atoms with E-state index in [4.69, 9.17) is 0 Å². The van der Waals surface area contributed by atoms with Gasteiger partial charge in [0.2, 0.25) is 0 Å². The van der Waals surface area contributed by atoms with Crippen LogP contribution in [-0.2, 0) is 52.0 Å². The van der Waals surface area contributed by atoms with Crippen LogP contribution >= 0.6 is 0 Å². The molecule has 3 aromatic rings. The van der Waals surface area contributed by atoms with Crippen molar-refractivity contribution in [2.45, 2.75) is 72.8 Å². The SMILES string of the molecule is CCc1c(CNCc2ccc(B(O)O)cc2)c(CC)c(CNC2=NCCN2)c(CC)c1CNCc1ccc(B(O)O)cc1. The van der Waals surface area contributed by atoms with Gasteiger partial charge < -0.3 is 41.4 Å². The molecule has 228 valence electrons. The summed E-state index contributed by atoms with van der Waals surface area (Å²) in [6.45, 7) is 11.8. The number of hydrogen-bond acceptors (Lipinski definition) is 9. The summed E-state index contributed by atoms with van der Waals surface area (Å²) in [6, 6.07) is 14.7. The highest BCUT2D eigenvalue weighted by Gasteiger charge is 2.22. The summed E-state index contributed by atoms with van der Waals surface area (Å²) in [5.41, 5.74) is 11.3. The van der Waals surface area contributed by atoms with E-state index < -0.39 is 14.2 Å². The molecule has 1 aliphatic rings. The Morgan fingerprint density at radius 1 is 0.605 bits per heavy atom. The van der Waals surface area contributed by atoms with Crippen LogP contribution in [0.5, 0.6) is 0 Å². The predicted molar refractivity (Wildman–Crippen MR) is 175 cm³/mol. The van der Waals surface area contributed by atoms with Crippen LogP contribution in [0.15, 0.2) is 53.5 Å². The first-order chi connectivity index (χ1) is 20.9. The van der Waals surface area contributed by atoms with Gasteiger partial charge in [0.15, 0.2) is 5.96 Å². The van der Waals surface area contributed by atoms with E-state index in [1.54, 1.807) is 24.3 Å². The monoisotopic (exact) mass is 585 g/mol. The Morgan fingerprint density at radius 2 is 1.02 bits per heavy atom. The van der Waals surface area contributed by atoms with Gasteiger partial charge >= 0.3 is 14.2 Å². The van der Waals surface area contributed by atoms with Gasteiger partial charge in [-0.3, -0.25) is 4.99 Å². The van der Waals surface area contributed by atoms with Gasteiger partial charge in [0.1, 0.15) is 0 Å². The smallest absolute Gasteiger partial charge is 0.423 e. The van der Waals surface area contributed by atoms with Crippen molar-refractivity contribution in [3.05, 3.63) is 93.0 Å². The van der Waals surface area contributed by atoms with Gasteiger partial charge in [-0.25, -0.2) is 0 Å². The Hall–Kier alpha value is -3.18. The number of hydrogen-bond donors (Lipinski definition) is 8.